The van der Waals surface area contributed by atoms with E-state index in [1.165, 1.54) is 5.56 Å². The first-order chi connectivity index (χ1) is 15.1. The quantitative estimate of drug-likeness (QED) is 0.639. The first-order valence-corrected chi connectivity index (χ1v) is 10.5. The Kier molecular flexibility index (Phi) is 6.25. The lowest BCUT2D eigenvalue weighted by molar-refractivity contribution is 0.312. The lowest BCUT2D eigenvalue weighted by atomic mass is 10.0. The molecule has 2 aliphatic heterocycles. The maximum atomic E-state index is 5.87. The molecular weight excluding hydrogens is 386 g/mol. The normalized spacial score (nSPS) is 15.8. The Hall–Kier alpha value is -3.29. The van der Waals surface area contributed by atoms with Gasteiger partial charge in [0.15, 0.2) is 0 Å². The van der Waals surface area contributed by atoms with E-state index in [0.29, 0.717) is 12.4 Å². The highest BCUT2D eigenvalue weighted by Gasteiger charge is 2.17. The van der Waals surface area contributed by atoms with Gasteiger partial charge in [0.05, 0.1) is 22.9 Å². The standard InChI is InChI=1S/C21H22N6.C3H7N/c1-26-6-8-27(9-7-26)21-13-23-17-5-4-15(11-19(17)25-21)14-2-3-16-12-20(22)24-18(16)10-14;1-2-3-4/h2-5,10-11,13H,6-9,12H2,1H3,(H2,22,24);2H,1,3-4H2. The molecule has 5 rings (SSSR count). The summed E-state index contributed by atoms with van der Waals surface area (Å²) in [5.41, 5.74) is 17.0. The van der Waals surface area contributed by atoms with Gasteiger partial charge < -0.3 is 21.3 Å². The number of fused-ring (bicyclic) bond motifs is 2. The van der Waals surface area contributed by atoms with Crippen molar-refractivity contribution in [3.63, 3.8) is 0 Å². The lowest BCUT2D eigenvalue weighted by Gasteiger charge is -2.33. The Bertz CT molecular complexity index is 1110. The van der Waals surface area contributed by atoms with Gasteiger partial charge in [0.2, 0.25) is 0 Å². The zero-order chi connectivity index (χ0) is 21.8. The van der Waals surface area contributed by atoms with E-state index in [1.54, 1.807) is 6.08 Å². The van der Waals surface area contributed by atoms with Gasteiger partial charge in [-0.1, -0.05) is 24.3 Å². The number of piperazine rings is 1. The molecule has 4 N–H and O–H groups in total. The minimum absolute atomic E-state index is 0.583. The van der Waals surface area contributed by atoms with Crippen LogP contribution in [0, 0.1) is 0 Å². The Morgan fingerprint density at radius 1 is 1.03 bits per heavy atom. The van der Waals surface area contributed by atoms with Crippen LogP contribution in [-0.2, 0) is 6.42 Å². The van der Waals surface area contributed by atoms with Crippen molar-refractivity contribution in [1.82, 2.24) is 14.9 Å². The fourth-order valence-electron chi connectivity index (χ4n) is 3.76. The molecule has 0 amide bonds. The van der Waals surface area contributed by atoms with Crippen LogP contribution < -0.4 is 16.4 Å². The SMILES string of the molecule is C=CCN.CN1CCN(c2cnc3ccc(-c4ccc5c(c4)N=C(N)C5)cc3n2)CC1. The summed E-state index contributed by atoms with van der Waals surface area (Å²) in [5.74, 6) is 1.64. The maximum Gasteiger partial charge on any atom is 0.147 e. The highest BCUT2D eigenvalue weighted by molar-refractivity contribution is 5.92. The van der Waals surface area contributed by atoms with E-state index in [2.05, 4.69) is 63.7 Å². The summed E-state index contributed by atoms with van der Waals surface area (Å²) in [6, 6.07) is 12.6. The number of aromatic nitrogens is 2. The molecule has 0 saturated carbocycles. The average Bonchev–Trinajstić information content (AvgIpc) is 3.18. The number of hydrogen-bond acceptors (Lipinski definition) is 7. The van der Waals surface area contributed by atoms with Crippen LogP contribution in [0.1, 0.15) is 5.56 Å². The molecular formula is C24H29N7. The van der Waals surface area contributed by atoms with Crippen LogP contribution in [0.3, 0.4) is 0 Å². The van der Waals surface area contributed by atoms with Gasteiger partial charge in [-0.05, 0) is 41.9 Å². The van der Waals surface area contributed by atoms with Gasteiger partial charge in [-0.15, -0.1) is 6.58 Å². The zero-order valence-electron chi connectivity index (χ0n) is 18.0. The van der Waals surface area contributed by atoms with Gasteiger partial charge in [-0.3, -0.25) is 4.98 Å². The van der Waals surface area contributed by atoms with Crippen molar-refractivity contribution in [1.29, 1.82) is 0 Å². The maximum absolute atomic E-state index is 5.87. The summed E-state index contributed by atoms with van der Waals surface area (Å²) >= 11 is 0. The van der Waals surface area contributed by atoms with Crippen LogP contribution in [0.5, 0.6) is 0 Å². The predicted octanol–water partition coefficient (Wildman–Crippen LogP) is 2.72. The van der Waals surface area contributed by atoms with Crippen LogP contribution >= 0.6 is 0 Å². The minimum Gasteiger partial charge on any atom is -0.387 e. The molecule has 0 radical (unpaired) electrons. The second-order valence-electron chi connectivity index (χ2n) is 7.87. The molecule has 1 fully saturated rings. The number of rotatable bonds is 3. The van der Waals surface area contributed by atoms with Crippen LogP contribution in [0.25, 0.3) is 22.2 Å². The minimum atomic E-state index is 0.583. The monoisotopic (exact) mass is 415 g/mol. The van der Waals surface area contributed by atoms with E-state index < -0.39 is 0 Å². The number of nitrogens with two attached hydrogens (primary N) is 2. The topological polar surface area (TPSA) is 96.7 Å². The molecule has 3 heterocycles. The lowest BCUT2D eigenvalue weighted by Crippen LogP contribution is -2.44. The fourth-order valence-corrected chi connectivity index (χ4v) is 3.76. The highest BCUT2D eigenvalue weighted by atomic mass is 15.3. The average molecular weight is 416 g/mol. The van der Waals surface area contributed by atoms with Gasteiger partial charge in [0.25, 0.3) is 0 Å². The second kappa shape index (κ2) is 9.24. The first-order valence-electron chi connectivity index (χ1n) is 10.5. The Morgan fingerprint density at radius 2 is 1.74 bits per heavy atom. The van der Waals surface area contributed by atoms with Crippen molar-refractivity contribution < 1.29 is 0 Å². The van der Waals surface area contributed by atoms with Crippen molar-refractivity contribution in [2.75, 3.05) is 44.7 Å². The van der Waals surface area contributed by atoms with Crippen molar-refractivity contribution in [2.45, 2.75) is 6.42 Å². The number of likely N-dealkylation sites (N-methyl/N-ethyl adjacent to an activating group) is 1. The van der Waals surface area contributed by atoms with E-state index in [0.717, 1.165) is 66.3 Å². The third kappa shape index (κ3) is 4.73. The number of hydrogen-bond donors (Lipinski definition) is 2. The summed E-state index contributed by atoms with van der Waals surface area (Å²) in [4.78, 5) is 18.6. The smallest absolute Gasteiger partial charge is 0.147 e. The predicted molar refractivity (Wildman–Crippen MR) is 129 cm³/mol. The molecule has 2 aromatic carbocycles. The number of nitrogens with zero attached hydrogens (tertiary/aromatic N) is 5. The van der Waals surface area contributed by atoms with Crippen molar-refractivity contribution in [2.24, 2.45) is 16.5 Å². The summed E-state index contributed by atoms with van der Waals surface area (Å²) in [7, 11) is 2.16. The van der Waals surface area contributed by atoms with E-state index >= 15 is 0 Å². The second-order valence-corrected chi connectivity index (χ2v) is 7.87. The fraction of sp³-hybridized carbons (Fsp3) is 0.292. The van der Waals surface area contributed by atoms with Crippen LogP contribution in [0.2, 0.25) is 0 Å². The van der Waals surface area contributed by atoms with E-state index in [1.807, 2.05) is 12.3 Å². The molecule has 0 aliphatic carbocycles. The van der Waals surface area contributed by atoms with Gasteiger partial charge in [0, 0.05) is 39.1 Å². The third-order valence-electron chi connectivity index (χ3n) is 5.58. The molecule has 0 spiro atoms. The highest BCUT2D eigenvalue weighted by Crippen LogP contribution is 2.32. The zero-order valence-corrected chi connectivity index (χ0v) is 18.0. The van der Waals surface area contributed by atoms with E-state index in [4.69, 9.17) is 16.5 Å². The van der Waals surface area contributed by atoms with Crippen LogP contribution in [0.4, 0.5) is 11.5 Å². The molecule has 2 aliphatic rings. The molecule has 1 aromatic heterocycles. The van der Waals surface area contributed by atoms with Gasteiger partial charge in [-0.25, -0.2) is 9.98 Å². The van der Waals surface area contributed by atoms with E-state index in [9.17, 15) is 0 Å². The molecule has 0 atom stereocenters. The Morgan fingerprint density at radius 3 is 2.48 bits per heavy atom. The van der Waals surface area contributed by atoms with E-state index in [-0.39, 0.29) is 0 Å². The van der Waals surface area contributed by atoms with Crippen molar-refractivity contribution in [3.8, 4) is 11.1 Å². The van der Waals surface area contributed by atoms with Crippen LogP contribution in [0.15, 0.2) is 60.2 Å². The summed E-state index contributed by atoms with van der Waals surface area (Å²) in [6.45, 7) is 8.02. The molecule has 1 saturated heterocycles. The number of aliphatic imine (C=N–C) groups is 1. The third-order valence-corrected chi connectivity index (χ3v) is 5.58. The van der Waals surface area contributed by atoms with Crippen molar-refractivity contribution in [3.05, 3.63) is 60.8 Å². The summed E-state index contributed by atoms with van der Waals surface area (Å²) < 4.78 is 0. The number of amidine groups is 1. The van der Waals surface area contributed by atoms with Gasteiger partial charge >= 0.3 is 0 Å². The molecule has 0 bridgehead atoms. The van der Waals surface area contributed by atoms with Gasteiger partial charge in [-0.2, -0.15) is 0 Å². The van der Waals surface area contributed by atoms with Gasteiger partial charge in [0.1, 0.15) is 11.7 Å². The number of benzene rings is 2. The summed E-state index contributed by atoms with van der Waals surface area (Å²) in [5, 5.41) is 0. The molecule has 3 aromatic rings. The molecule has 160 valence electrons. The first kappa shape index (κ1) is 21.0. The Balaban J connectivity index is 0.000000535. The molecule has 7 heteroatoms. The molecule has 0 unspecified atom stereocenters. The summed E-state index contributed by atoms with van der Waals surface area (Å²) in [6.07, 6.45) is 4.29. The largest absolute Gasteiger partial charge is 0.387 e. The number of anilines is 1. The van der Waals surface area contributed by atoms with Crippen molar-refractivity contribution >= 4 is 28.4 Å². The molecule has 31 heavy (non-hydrogen) atoms. The Labute approximate surface area is 183 Å². The molecule has 7 nitrogen and oxygen atoms in total. The van der Waals surface area contributed by atoms with Crippen LogP contribution in [-0.4, -0.2) is 60.5 Å².